The van der Waals surface area contributed by atoms with Crippen LogP contribution < -0.4 is 10.3 Å². The summed E-state index contributed by atoms with van der Waals surface area (Å²) in [7, 11) is 1.16. The number of carbonyl (C=O) groups excluding carboxylic acids is 1. The van der Waals surface area contributed by atoms with E-state index < -0.39 is 11.5 Å². The molecule has 0 atom stereocenters. The molecule has 0 spiro atoms. The predicted molar refractivity (Wildman–Crippen MR) is 98.3 cm³/mol. The first-order valence-corrected chi connectivity index (χ1v) is 7.99. The molecule has 3 aromatic rings. The highest BCUT2D eigenvalue weighted by Gasteiger charge is 2.17. The maximum Gasteiger partial charge on any atom is 0.348 e. The molecule has 134 valence electrons. The fourth-order valence-corrected chi connectivity index (χ4v) is 2.47. The van der Waals surface area contributed by atoms with Gasteiger partial charge >= 0.3 is 5.97 Å². The Morgan fingerprint density at radius 2 is 2.07 bits per heavy atom. The van der Waals surface area contributed by atoms with Crippen LogP contribution in [0.5, 0.6) is 11.6 Å². The van der Waals surface area contributed by atoms with Crippen molar-refractivity contribution in [3.63, 3.8) is 0 Å². The fourth-order valence-electron chi connectivity index (χ4n) is 2.47. The van der Waals surface area contributed by atoms with Crippen molar-refractivity contribution in [1.82, 2.24) is 9.38 Å². The number of nitriles is 1. The molecule has 0 amide bonds. The van der Waals surface area contributed by atoms with E-state index in [9.17, 15) is 14.9 Å². The van der Waals surface area contributed by atoms with Gasteiger partial charge in [0.1, 0.15) is 28.6 Å². The van der Waals surface area contributed by atoms with Crippen molar-refractivity contribution >= 4 is 17.7 Å². The van der Waals surface area contributed by atoms with E-state index in [1.807, 2.05) is 19.1 Å². The first-order chi connectivity index (χ1) is 13.0. The summed E-state index contributed by atoms with van der Waals surface area (Å²) in [5.41, 5.74) is 0.511. The van der Waals surface area contributed by atoms with Crippen molar-refractivity contribution < 1.29 is 14.3 Å². The fraction of sp³-hybridized carbons (Fsp3) is 0.100. The van der Waals surface area contributed by atoms with Gasteiger partial charge < -0.3 is 9.47 Å². The molecule has 0 unspecified atom stereocenters. The molecule has 0 aliphatic heterocycles. The van der Waals surface area contributed by atoms with Crippen LogP contribution in [0.15, 0.2) is 59.0 Å². The van der Waals surface area contributed by atoms with Crippen molar-refractivity contribution in [2.24, 2.45) is 0 Å². The quantitative estimate of drug-likeness (QED) is 0.403. The van der Waals surface area contributed by atoms with Gasteiger partial charge in [-0.2, -0.15) is 10.2 Å². The van der Waals surface area contributed by atoms with Gasteiger partial charge in [-0.3, -0.25) is 9.20 Å². The number of hydrogen-bond acceptors (Lipinski definition) is 6. The monoisotopic (exact) mass is 361 g/mol. The molecule has 0 aliphatic rings. The number of ether oxygens (including phenoxy) is 2. The summed E-state index contributed by atoms with van der Waals surface area (Å²) in [6.45, 7) is 1.90. The Kier molecular flexibility index (Phi) is 4.99. The van der Waals surface area contributed by atoms with Crippen molar-refractivity contribution in [3.05, 3.63) is 75.7 Å². The maximum atomic E-state index is 12.9. The lowest BCUT2D eigenvalue weighted by atomic mass is 10.2. The number of rotatable bonds is 4. The molecule has 3 rings (SSSR count). The van der Waals surface area contributed by atoms with Crippen LogP contribution in [0.4, 0.5) is 0 Å². The van der Waals surface area contributed by atoms with E-state index >= 15 is 0 Å². The van der Waals surface area contributed by atoms with Crippen LogP contribution in [0.3, 0.4) is 0 Å². The van der Waals surface area contributed by atoms with Gasteiger partial charge in [0.15, 0.2) is 0 Å². The van der Waals surface area contributed by atoms with Crippen LogP contribution in [0.1, 0.15) is 11.1 Å². The second-order valence-corrected chi connectivity index (χ2v) is 5.64. The molecular weight excluding hydrogens is 346 g/mol. The molecule has 0 saturated carbocycles. The SMILES string of the molecule is COC(=O)/C(C#N)=C/c1c(Oc2cccc(C)c2)nc2ccccn2c1=O. The third-order valence-corrected chi connectivity index (χ3v) is 3.75. The summed E-state index contributed by atoms with van der Waals surface area (Å²) < 4.78 is 11.7. The van der Waals surface area contributed by atoms with Crippen LogP contribution >= 0.6 is 0 Å². The Balaban J connectivity index is 2.24. The van der Waals surface area contributed by atoms with Gasteiger partial charge in [-0.25, -0.2) is 4.79 Å². The highest BCUT2D eigenvalue weighted by Crippen LogP contribution is 2.24. The number of methoxy groups -OCH3 is 1. The number of pyridine rings is 1. The standard InChI is InChI=1S/C20H15N3O4/c1-13-6-5-7-15(10-13)27-18-16(11-14(12-21)20(25)26-2)19(24)23-9-4-3-8-17(23)22-18/h3-11H,1-2H3/b14-11+. The molecule has 1 aromatic carbocycles. The summed E-state index contributed by atoms with van der Waals surface area (Å²) in [6.07, 6.45) is 2.67. The molecule has 0 aliphatic carbocycles. The summed E-state index contributed by atoms with van der Waals surface area (Å²) in [4.78, 5) is 29.0. The maximum absolute atomic E-state index is 12.9. The van der Waals surface area contributed by atoms with Gasteiger partial charge in [-0.1, -0.05) is 18.2 Å². The Hall–Kier alpha value is -3.92. The van der Waals surface area contributed by atoms with Gasteiger partial charge in [-0.15, -0.1) is 0 Å². The van der Waals surface area contributed by atoms with Gasteiger partial charge in [0.2, 0.25) is 5.88 Å². The second-order valence-electron chi connectivity index (χ2n) is 5.64. The summed E-state index contributed by atoms with van der Waals surface area (Å²) in [5, 5.41) is 9.22. The van der Waals surface area contributed by atoms with Crippen LogP contribution in [-0.2, 0) is 9.53 Å². The molecule has 7 nitrogen and oxygen atoms in total. The first-order valence-electron chi connectivity index (χ1n) is 7.99. The molecule has 27 heavy (non-hydrogen) atoms. The van der Waals surface area contributed by atoms with Gasteiger partial charge in [0, 0.05) is 6.20 Å². The van der Waals surface area contributed by atoms with Crippen LogP contribution in [0, 0.1) is 18.3 Å². The molecule has 0 fully saturated rings. The molecule has 0 bridgehead atoms. The Morgan fingerprint density at radius 1 is 1.26 bits per heavy atom. The number of benzene rings is 1. The lowest BCUT2D eigenvalue weighted by Gasteiger charge is -2.10. The lowest BCUT2D eigenvalue weighted by molar-refractivity contribution is -0.135. The lowest BCUT2D eigenvalue weighted by Crippen LogP contribution is -2.19. The van der Waals surface area contributed by atoms with Crippen LogP contribution in [0.25, 0.3) is 11.7 Å². The Labute approximate surface area is 154 Å². The molecule has 0 saturated heterocycles. The van der Waals surface area contributed by atoms with Crippen molar-refractivity contribution in [2.45, 2.75) is 6.92 Å². The van der Waals surface area contributed by atoms with E-state index in [0.29, 0.717) is 11.4 Å². The number of esters is 1. The largest absolute Gasteiger partial charge is 0.465 e. The van der Waals surface area contributed by atoms with E-state index in [4.69, 9.17) is 4.74 Å². The summed E-state index contributed by atoms with van der Waals surface area (Å²) in [5.74, 6) is -0.376. The zero-order valence-electron chi connectivity index (χ0n) is 14.7. The molecule has 2 aromatic heterocycles. The van der Waals surface area contributed by atoms with Crippen LogP contribution in [0.2, 0.25) is 0 Å². The zero-order chi connectivity index (χ0) is 19.4. The van der Waals surface area contributed by atoms with Crippen molar-refractivity contribution in [3.8, 4) is 17.7 Å². The number of aryl methyl sites for hydroxylation is 1. The topological polar surface area (TPSA) is 93.7 Å². The summed E-state index contributed by atoms with van der Waals surface area (Å²) in [6, 6.07) is 14.0. The predicted octanol–water partition coefficient (Wildman–Crippen LogP) is 2.88. The molecule has 0 radical (unpaired) electrons. The third kappa shape index (κ3) is 3.70. The number of hydrogen-bond donors (Lipinski definition) is 0. The van der Waals surface area contributed by atoms with E-state index in [0.717, 1.165) is 18.7 Å². The second kappa shape index (κ2) is 7.54. The molecule has 2 heterocycles. The Bertz CT molecular complexity index is 1160. The molecule has 7 heteroatoms. The normalized spacial score (nSPS) is 11.1. The average molecular weight is 361 g/mol. The molecular formula is C20H15N3O4. The first kappa shape index (κ1) is 17.9. The van der Waals surface area contributed by atoms with Crippen LogP contribution in [-0.4, -0.2) is 22.5 Å². The number of carbonyl (C=O) groups is 1. The number of fused-ring (bicyclic) bond motifs is 1. The molecule has 0 N–H and O–H groups in total. The Morgan fingerprint density at radius 3 is 2.78 bits per heavy atom. The van der Waals surface area contributed by atoms with E-state index in [-0.39, 0.29) is 17.0 Å². The highest BCUT2D eigenvalue weighted by molar-refractivity contribution is 5.98. The van der Waals surface area contributed by atoms with E-state index in [1.54, 1.807) is 42.6 Å². The van der Waals surface area contributed by atoms with Gasteiger partial charge in [0.25, 0.3) is 5.56 Å². The van der Waals surface area contributed by atoms with Crippen molar-refractivity contribution in [1.29, 1.82) is 5.26 Å². The highest BCUT2D eigenvalue weighted by atomic mass is 16.5. The minimum atomic E-state index is -0.850. The van der Waals surface area contributed by atoms with E-state index in [1.165, 1.54) is 4.40 Å². The number of nitrogens with zero attached hydrogens (tertiary/aromatic N) is 3. The van der Waals surface area contributed by atoms with E-state index in [2.05, 4.69) is 9.72 Å². The van der Waals surface area contributed by atoms with Gasteiger partial charge in [0.05, 0.1) is 7.11 Å². The average Bonchev–Trinajstić information content (AvgIpc) is 2.67. The summed E-state index contributed by atoms with van der Waals surface area (Å²) >= 11 is 0. The van der Waals surface area contributed by atoms with Crippen molar-refractivity contribution in [2.75, 3.05) is 7.11 Å². The minimum absolute atomic E-state index is 0.00606. The minimum Gasteiger partial charge on any atom is -0.465 e. The van der Waals surface area contributed by atoms with Gasteiger partial charge in [-0.05, 0) is 42.8 Å². The third-order valence-electron chi connectivity index (χ3n) is 3.75. The zero-order valence-corrected chi connectivity index (χ0v) is 14.7. The smallest absolute Gasteiger partial charge is 0.348 e. The number of aromatic nitrogens is 2.